The molecule has 8 rings (SSSR count). The van der Waals surface area contributed by atoms with Crippen molar-refractivity contribution in [3.8, 4) is 40.7 Å². The molecular weight excluding hydrogens is 564 g/mol. The van der Waals surface area contributed by atoms with Gasteiger partial charge in [0.15, 0.2) is 0 Å². The Labute approximate surface area is 263 Å². The highest BCUT2D eigenvalue weighted by molar-refractivity contribution is 6.12. The molecule has 2 heterocycles. The Balaban J connectivity index is 1.61. The number of hydrogen-bond donors (Lipinski definition) is 0. The van der Waals surface area contributed by atoms with Gasteiger partial charge in [-0.2, -0.15) is 15.8 Å². The third-order valence-electron chi connectivity index (χ3n) is 8.69. The minimum atomic E-state index is 0.211. The van der Waals surface area contributed by atoms with Crippen molar-refractivity contribution in [2.75, 3.05) is 0 Å². The fourth-order valence-corrected chi connectivity index (χ4v) is 6.80. The molecule has 0 radical (unpaired) electrons. The molecule has 6 nitrogen and oxygen atoms in total. The number of fused-ring (bicyclic) bond motifs is 6. The van der Waals surface area contributed by atoms with Crippen molar-refractivity contribution in [2.24, 2.45) is 0 Å². The number of para-hydroxylation sites is 4. The Bertz CT molecular complexity index is 2450. The number of hydrogen-bond acceptors (Lipinski definition) is 3. The van der Waals surface area contributed by atoms with Crippen molar-refractivity contribution in [3.05, 3.63) is 149 Å². The largest absolute Gasteiger partial charge is 0.318 e. The molecule has 0 atom stereocenters. The second-order valence-electron chi connectivity index (χ2n) is 10.9. The smallest absolute Gasteiger partial charge is 0.228 e. The van der Waals surface area contributed by atoms with Crippen LogP contribution in [-0.4, -0.2) is 9.13 Å². The van der Waals surface area contributed by atoms with E-state index in [9.17, 15) is 15.8 Å². The van der Waals surface area contributed by atoms with Gasteiger partial charge >= 0.3 is 0 Å². The third kappa shape index (κ3) is 3.60. The molecule has 6 heteroatoms. The van der Waals surface area contributed by atoms with Gasteiger partial charge in [-0.05, 0) is 35.9 Å². The van der Waals surface area contributed by atoms with Gasteiger partial charge in [0.25, 0.3) is 0 Å². The van der Waals surface area contributed by atoms with Gasteiger partial charge in [0.1, 0.15) is 12.1 Å². The summed E-state index contributed by atoms with van der Waals surface area (Å²) >= 11 is 0. The van der Waals surface area contributed by atoms with Crippen LogP contribution >= 0.6 is 0 Å². The molecule has 0 amide bonds. The van der Waals surface area contributed by atoms with Crippen LogP contribution in [0.5, 0.6) is 0 Å². The highest BCUT2D eigenvalue weighted by atomic mass is 15.0. The van der Waals surface area contributed by atoms with Crippen LogP contribution in [0.25, 0.3) is 71.0 Å². The first-order valence-electron chi connectivity index (χ1n) is 14.6. The molecule has 0 bridgehead atoms. The predicted molar refractivity (Wildman–Crippen MR) is 181 cm³/mol. The van der Waals surface area contributed by atoms with E-state index < -0.39 is 0 Å². The molecule has 0 N–H and O–H groups in total. The summed E-state index contributed by atoms with van der Waals surface area (Å²) in [6.07, 6.45) is 0. The normalized spacial score (nSPS) is 11.0. The molecule has 2 aromatic heterocycles. The SMILES string of the molecule is [C-]#[N+]c1c(C#N)ccc(-c2ccc(C#N)c(C#N)c2-n2c3ccccc3c3ccccc32)c1-n1c2ccccc2c2ccccc21. The Hall–Kier alpha value is -7.12. The average Bonchev–Trinajstić information content (AvgIpc) is 3.63. The Morgan fingerprint density at radius 2 is 0.848 bits per heavy atom. The van der Waals surface area contributed by atoms with E-state index in [1.54, 1.807) is 12.1 Å². The van der Waals surface area contributed by atoms with E-state index in [4.69, 9.17) is 6.57 Å². The lowest BCUT2D eigenvalue weighted by Gasteiger charge is -2.21. The minimum absolute atomic E-state index is 0.211. The molecular formula is C40H20N6. The van der Waals surface area contributed by atoms with Crippen molar-refractivity contribution < 1.29 is 0 Å². The molecule has 0 saturated heterocycles. The fraction of sp³-hybridized carbons (Fsp3) is 0. The zero-order chi connectivity index (χ0) is 31.4. The zero-order valence-electron chi connectivity index (χ0n) is 24.2. The van der Waals surface area contributed by atoms with Gasteiger partial charge < -0.3 is 9.13 Å². The van der Waals surface area contributed by atoms with Crippen LogP contribution in [-0.2, 0) is 0 Å². The molecule has 210 valence electrons. The molecule has 0 fully saturated rings. The summed E-state index contributed by atoms with van der Waals surface area (Å²) in [4.78, 5) is 3.95. The summed E-state index contributed by atoms with van der Waals surface area (Å²) in [5.41, 5.74) is 6.89. The van der Waals surface area contributed by atoms with Crippen LogP contribution in [0.15, 0.2) is 121 Å². The van der Waals surface area contributed by atoms with E-state index in [2.05, 4.69) is 47.3 Å². The Morgan fingerprint density at radius 1 is 0.457 bits per heavy atom. The van der Waals surface area contributed by atoms with E-state index >= 15 is 0 Å². The van der Waals surface area contributed by atoms with Gasteiger partial charge in [-0.25, -0.2) is 4.85 Å². The Morgan fingerprint density at radius 3 is 1.26 bits per heavy atom. The summed E-state index contributed by atoms with van der Waals surface area (Å²) in [6, 6.07) is 45.9. The maximum atomic E-state index is 10.7. The highest BCUT2D eigenvalue weighted by Gasteiger charge is 2.26. The van der Waals surface area contributed by atoms with E-state index in [1.807, 2.05) is 94.1 Å². The number of rotatable bonds is 3. The van der Waals surface area contributed by atoms with Gasteiger partial charge in [0, 0.05) is 27.1 Å². The number of aromatic nitrogens is 2. The van der Waals surface area contributed by atoms with Gasteiger partial charge in [-0.1, -0.05) is 91.0 Å². The lowest BCUT2D eigenvalue weighted by Crippen LogP contribution is -2.05. The molecule has 46 heavy (non-hydrogen) atoms. The number of nitriles is 3. The molecule has 0 aliphatic heterocycles. The van der Waals surface area contributed by atoms with E-state index in [-0.39, 0.29) is 22.4 Å². The molecule has 0 aliphatic rings. The monoisotopic (exact) mass is 584 g/mol. The first-order chi connectivity index (χ1) is 22.7. The van der Waals surface area contributed by atoms with Crippen LogP contribution in [0, 0.1) is 40.6 Å². The zero-order valence-corrected chi connectivity index (χ0v) is 24.2. The molecule has 8 aromatic rings. The van der Waals surface area contributed by atoms with Gasteiger partial charge in [-0.15, -0.1) is 0 Å². The van der Waals surface area contributed by atoms with Gasteiger partial charge in [-0.3, -0.25) is 0 Å². The number of benzene rings is 6. The molecule has 0 unspecified atom stereocenters. The van der Waals surface area contributed by atoms with Crippen molar-refractivity contribution >= 4 is 49.3 Å². The first-order valence-corrected chi connectivity index (χ1v) is 14.6. The van der Waals surface area contributed by atoms with Crippen LogP contribution in [0.2, 0.25) is 0 Å². The molecule has 6 aromatic carbocycles. The van der Waals surface area contributed by atoms with E-state index in [1.165, 1.54) is 0 Å². The summed E-state index contributed by atoms with van der Waals surface area (Å²) in [6.45, 7) is 8.32. The van der Waals surface area contributed by atoms with E-state index in [0.717, 1.165) is 43.6 Å². The lowest BCUT2D eigenvalue weighted by molar-refractivity contribution is 1.15. The summed E-state index contributed by atoms with van der Waals surface area (Å²) in [7, 11) is 0. The second kappa shape index (κ2) is 10.3. The van der Waals surface area contributed by atoms with Crippen molar-refractivity contribution in [3.63, 3.8) is 0 Å². The predicted octanol–water partition coefficient (Wildman–Crippen LogP) is 9.71. The molecule has 0 aliphatic carbocycles. The lowest BCUT2D eigenvalue weighted by atomic mass is 9.93. The Kier molecular flexibility index (Phi) is 5.91. The highest BCUT2D eigenvalue weighted by Crippen LogP contribution is 2.46. The second-order valence-corrected chi connectivity index (χ2v) is 10.9. The topological polar surface area (TPSA) is 85.6 Å². The minimum Gasteiger partial charge on any atom is -0.318 e. The van der Waals surface area contributed by atoms with Crippen LogP contribution < -0.4 is 0 Å². The standard InChI is InChI=1S/C40H20N6/c1-44-38-26(23-42)19-21-32(40(38)46-36-16-8-4-12-29(36)30-13-5-9-17-37(30)46)31-20-18-25(22-41)33(24-43)39(31)45-34-14-6-2-10-27(34)28-11-3-7-15-35(28)45/h2-21H. The summed E-state index contributed by atoms with van der Waals surface area (Å²) < 4.78 is 4.10. The van der Waals surface area contributed by atoms with Crippen molar-refractivity contribution in [2.45, 2.75) is 0 Å². The summed E-state index contributed by atoms with van der Waals surface area (Å²) in [5, 5.41) is 35.0. The van der Waals surface area contributed by atoms with E-state index in [0.29, 0.717) is 22.5 Å². The quantitative estimate of drug-likeness (QED) is 0.194. The van der Waals surface area contributed by atoms with Crippen molar-refractivity contribution in [1.29, 1.82) is 15.8 Å². The average molecular weight is 585 g/mol. The van der Waals surface area contributed by atoms with Gasteiger partial charge in [0.2, 0.25) is 5.69 Å². The molecule has 0 saturated carbocycles. The summed E-state index contributed by atoms with van der Waals surface area (Å²) in [5.74, 6) is 0. The van der Waals surface area contributed by atoms with Crippen LogP contribution in [0.3, 0.4) is 0 Å². The maximum Gasteiger partial charge on any atom is 0.228 e. The molecule has 0 spiro atoms. The maximum absolute atomic E-state index is 10.7. The fourth-order valence-electron chi connectivity index (χ4n) is 6.80. The van der Waals surface area contributed by atoms with Crippen molar-refractivity contribution in [1.82, 2.24) is 9.13 Å². The number of nitrogens with zero attached hydrogens (tertiary/aromatic N) is 6. The third-order valence-corrected chi connectivity index (χ3v) is 8.69. The van der Waals surface area contributed by atoms with Crippen LogP contribution in [0.1, 0.15) is 16.7 Å². The van der Waals surface area contributed by atoms with Crippen LogP contribution in [0.4, 0.5) is 5.69 Å². The van der Waals surface area contributed by atoms with Gasteiger partial charge in [0.05, 0.1) is 62.8 Å². The first kappa shape index (κ1) is 26.5.